The molecule has 1 fully saturated rings. The Balaban J connectivity index is 2.06. The summed E-state index contributed by atoms with van der Waals surface area (Å²) < 4.78 is 0. The second-order valence-corrected chi connectivity index (χ2v) is 7.56. The smallest absolute Gasteiger partial charge is 0.171 e. The summed E-state index contributed by atoms with van der Waals surface area (Å²) in [5.74, 6) is 0.585. The Morgan fingerprint density at radius 1 is 1.27 bits per heavy atom. The first-order chi connectivity index (χ1) is 10.5. The average Bonchev–Trinajstić information content (AvgIpc) is 3.11. The van der Waals surface area contributed by atoms with Gasteiger partial charge >= 0.3 is 0 Å². The lowest BCUT2D eigenvalue weighted by Crippen LogP contribution is -2.35. The van der Waals surface area contributed by atoms with Crippen LogP contribution < -0.4 is 0 Å². The van der Waals surface area contributed by atoms with Crippen molar-refractivity contribution in [2.24, 2.45) is 11.3 Å². The van der Waals surface area contributed by atoms with E-state index in [1.165, 1.54) is 12.8 Å². The van der Waals surface area contributed by atoms with Crippen molar-refractivity contribution in [2.45, 2.75) is 58.3 Å². The molecule has 4 heteroatoms. The molecule has 3 rings (SSSR count). The van der Waals surface area contributed by atoms with E-state index in [2.05, 4.69) is 6.92 Å². The van der Waals surface area contributed by atoms with Crippen LogP contribution in [0.2, 0.25) is 10.0 Å². The van der Waals surface area contributed by atoms with Gasteiger partial charge < -0.3 is 5.11 Å². The molecule has 0 saturated heterocycles. The predicted molar refractivity (Wildman–Crippen MR) is 90.1 cm³/mol. The zero-order valence-electron chi connectivity index (χ0n) is 12.9. The van der Waals surface area contributed by atoms with Crippen molar-refractivity contribution < 1.29 is 9.90 Å². The van der Waals surface area contributed by atoms with Crippen LogP contribution in [0.4, 0.5) is 0 Å². The molecule has 0 heterocycles. The number of fused-ring (bicyclic) bond motifs is 1. The Bertz CT molecular complexity index is 606. The summed E-state index contributed by atoms with van der Waals surface area (Å²) in [5.41, 5.74) is 1.11. The van der Waals surface area contributed by atoms with Gasteiger partial charge in [-0.05, 0) is 43.2 Å². The third-order valence-electron chi connectivity index (χ3n) is 5.57. The minimum absolute atomic E-state index is 0.0177. The van der Waals surface area contributed by atoms with Gasteiger partial charge in [0.25, 0.3) is 0 Å². The van der Waals surface area contributed by atoms with Crippen molar-refractivity contribution in [1.29, 1.82) is 0 Å². The molecule has 2 aliphatic rings. The van der Waals surface area contributed by atoms with Gasteiger partial charge in [-0.15, -0.1) is 0 Å². The number of carbonyl (C=O) groups is 1. The van der Waals surface area contributed by atoms with Gasteiger partial charge in [0, 0.05) is 11.0 Å². The molecule has 1 atom stereocenters. The first-order valence-electron chi connectivity index (χ1n) is 8.26. The number of hydrogen-bond acceptors (Lipinski definition) is 2. The molecule has 1 aromatic carbocycles. The summed E-state index contributed by atoms with van der Waals surface area (Å²) in [6.07, 6.45) is 8.42. The molecule has 1 aromatic rings. The van der Waals surface area contributed by atoms with Crippen LogP contribution in [-0.4, -0.2) is 10.9 Å². The molecule has 0 aliphatic heterocycles. The van der Waals surface area contributed by atoms with E-state index in [1.54, 1.807) is 6.07 Å². The number of aromatic hydroxyl groups is 1. The monoisotopic (exact) mass is 340 g/mol. The van der Waals surface area contributed by atoms with Gasteiger partial charge in [-0.25, -0.2) is 0 Å². The number of phenols is 1. The highest BCUT2D eigenvalue weighted by Gasteiger charge is 2.51. The molecule has 1 saturated carbocycles. The van der Waals surface area contributed by atoms with Crippen molar-refractivity contribution in [3.63, 3.8) is 0 Å². The van der Waals surface area contributed by atoms with Crippen LogP contribution in [0.25, 0.3) is 0 Å². The van der Waals surface area contributed by atoms with E-state index in [4.69, 9.17) is 23.2 Å². The third kappa shape index (κ3) is 2.35. The lowest BCUT2D eigenvalue weighted by atomic mass is 9.68. The molecular formula is C18H22Cl2O2. The second-order valence-electron chi connectivity index (χ2n) is 6.80. The zero-order chi connectivity index (χ0) is 15.9. The maximum Gasteiger partial charge on any atom is 0.171 e. The fourth-order valence-corrected chi connectivity index (χ4v) is 4.88. The fourth-order valence-electron chi connectivity index (χ4n) is 4.42. The lowest BCUT2D eigenvalue weighted by molar-refractivity contribution is 0.0671. The van der Waals surface area contributed by atoms with E-state index < -0.39 is 0 Å². The SMILES string of the molecule is CCCC[C@]1(C2CCCC2)Cc2cc(O)c(Cl)c(Cl)c2C1=O. The zero-order valence-corrected chi connectivity index (χ0v) is 14.4. The first kappa shape index (κ1) is 16.1. The number of carbonyl (C=O) groups excluding carboxylic acids is 1. The number of Topliss-reactive ketones (excluding diaryl/α,β-unsaturated/α-hetero) is 1. The van der Waals surface area contributed by atoms with Gasteiger partial charge in [-0.3, -0.25) is 4.79 Å². The number of unbranched alkanes of at least 4 members (excludes halogenated alkanes) is 1. The highest BCUT2D eigenvalue weighted by molar-refractivity contribution is 6.45. The highest BCUT2D eigenvalue weighted by Crippen LogP contribution is 2.54. The lowest BCUT2D eigenvalue weighted by Gasteiger charge is -2.34. The summed E-state index contributed by atoms with van der Waals surface area (Å²) >= 11 is 12.3. The summed E-state index contributed by atoms with van der Waals surface area (Å²) in [6.45, 7) is 2.16. The minimum atomic E-state index is -0.324. The van der Waals surface area contributed by atoms with E-state index in [0.717, 1.165) is 37.7 Å². The van der Waals surface area contributed by atoms with Crippen LogP contribution in [0.1, 0.15) is 67.8 Å². The Kier molecular flexibility index (Phi) is 4.44. The molecule has 0 bridgehead atoms. The number of rotatable bonds is 4. The average molecular weight is 341 g/mol. The molecule has 0 amide bonds. The number of hydrogen-bond donors (Lipinski definition) is 1. The summed E-state index contributed by atoms with van der Waals surface area (Å²) in [6, 6.07) is 1.64. The largest absolute Gasteiger partial charge is 0.506 e. The Labute approximate surface area is 141 Å². The fraction of sp³-hybridized carbons (Fsp3) is 0.611. The summed E-state index contributed by atoms with van der Waals surface area (Å²) in [4.78, 5) is 13.3. The topological polar surface area (TPSA) is 37.3 Å². The molecule has 0 radical (unpaired) electrons. The third-order valence-corrected chi connectivity index (χ3v) is 6.42. The Morgan fingerprint density at radius 2 is 1.95 bits per heavy atom. The van der Waals surface area contributed by atoms with Crippen LogP contribution in [0.15, 0.2) is 6.07 Å². The second kappa shape index (κ2) is 6.05. The van der Waals surface area contributed by atoms with Crippen LogP contribution in [0.5, 0.6) is 5.75 Å². The van der Waals surface area contributed by atoms with Crippen LogP contribution in [0.3, 0.4) is 0 Å². The van der Waals surface area contributed by atoms with Gasteiger partial charge in [0.2, 0.25) is 0 Å². The summed E-state index contributed by atoms with van der Waals surface area (Å²) in [5, 5.41) is 10.3. The predicted octanol–water partition coefficient (Wildman–Crippen LogP) is 5.80. The Hall–Kier alpha value is -0.730. The van der Waals surface area contributed by atoms with Gasteiger partial charge in [0.15, 0.2) is 5.78 Å². The quantitative estimate of drug-likeness (QED) is 0.751. The van der Waals surface area contributed by atoms with Crippen molar-refractivity contribution in [3.8, 4) is 5.75 Å². The van der Waals surface area contributed by atoms with Gasteiger partial charge in [0.1, 0.15) is 10.8 Å². The molecule has 22 heavy (non-hydrogen) atoms. The first-order valence-corrected chi connectivity index (χ1v) is 9.01. The van der Waals surface area contributed by atoms with E-state index >= 15 is 0 Å². The number of phenolic OH excluding ortho intramolecular Hbond substituents is 1. The molecular weight excluding hydrogens is 319 g/mol. The normalized spacial score (nSPS) is 25.0. The standard InChI is InChI=1S/C18H22Cl2O2/c1-2-3-8-18(12-6-4-5-7-12)10-11-9-13(21)15(19)16(20)14(11)17(18)22/h9,12,21H,2-8,10H2,1H3/t18-/m1/s1. The van der Waals surface area contributed by atoms with Crippen LogP contribution in [-0.2, 0) is 6.42 Å². The molecule has 0 aromatic heterocycles. The van der Waals surface area contributed by atoms with Crippen molar-refractivity contribution in [3.05, 3.63) is 27.2 Å². The van der Waals surface area contributed by atoms with Crippen LogP contribution >= 0.6 is 23.2 Å². The number of benzene rings is 1. The number of halogens is 2. The van der Waals surface area contributed by atoms with E-state index in [9.17, 15) is 9.90 Å². The molecule has 0 spiro atoms. The van der Waals surface area contributed by atoms with Crippen molar-refractivity contribution in [2.75, 3.05) is 0 Å². The highest BCUT2D eigenvalue weighted by atomic mass is 35.5. The van der Waals surface area contributed by atoms with E-state index in [0.29, 0.717) is 17.9 Å². The molecule has 1 N–H and O–H groups in total. The number of ketones is 1. The van der Waals surface area contributed by atoms with Gasteiger partial charge in [-0.1, -0.05) is 55.8 Å². The van der Waals surface area contributed by atoms with E-state index in [-0.39, 0.29) is 27.0 Å². The minimum Gasteiger partial charge on any atom is -0.506 e. The maximum absolute atomic E-state index is 13.3. The van der Waals surface area contributed by atoms with Gasteiger partial charge in [0.05, 0.1) is 5.02 Å². The van der Waals surface area contributed by atoms with Crippen LogP contribution in [0, 0.1) is 11.3 Å². The van der Waals surface area contributed by atoms with Crippen molar-refractivity contribution >= 4 is 29.0 Å². The molecule has 2 aliphatic carbocycles. The summed E-state index contributed by atoms with van der Waals surface area (Å²) in [7, 11) is 0. The van der Waals surface area contributed by atoms with E-state index in [1.807, 2.05) is 0 Å². The van der Waals surface area contributed by atoms with Gasteiger partial charge in [-0.2, -0.15) is 0 Å². The molecule has 120 valence electrons. The molecule has 2 nitrogen and oxygen atoms in total. The van der Waals surface area contributed by atoms with Crippen molar-refractivity contribution in [1.82, 2.24) is 0 Å². The Morgan fingerprint density at radius 3 is 2.59 bits per heavy atom. The maximum atomic E-state index is 13.3. The molecule has 0 unspecified atom stereocenters.